The standard InChI is InChI=1S/C22H23N3O4/c26-15-4-2-14(3-5-15)23-11-12-1-6-16-13(9-12)10-17-20(16)24-25-21(17)18-7-8-19(29-18)22(27)28/h1,6-9,14-15,23,26H,2-5,10-11H2,(H,24,25)(H,27,28). The molecule has 2 heterocycles. The number of benzene rings is 1. The largest absolute Gasteiger partial charge is 0.475 e. The fourth-order valence-corrected chi connectivity index (χ4v) is 4.42. The Labute approximate surface area is 167 Å². The molecule has 1 fully saturated rings. The summed E-state index contributed by atoms with van der Waals surface area (Å²) < 4.78 is 5.45. The lowest BCUT2D eigenvalue weighted by Crippen LogP contribution is -2.34. The van der Waals surface area contributed by atoms with Crippen LogP contribution in [0.25, 0.3) is 22.7 Å². The van der Waals surface area contributed by atoms with Gasteiger partial charge in [-0.3, -0.25) is 5.10 Å². The Morgan fingerprint density at radius 3 is 2.79 bits per heavy atom. The number of nitrogens with one attached hydrogen (secondary N) is 2. The summed E-state index contributed by atoms with van der Waals surface area (Å²) in [5.74, 6) is -0.673. The van der Waals surface area contributed by atoms with Crippen LogP contribution in [0.4, 0.5) is 0 Å². The molecule has 0 bridgehead atoms. The van der Waals surface area contributed by atoms with Gasteiger partial charge < -0.3 is 19.9 Å². The Hall–Kier alpha value is -2.90. The van der Waals surface area contributed by atoms with Crippen LogP contribution in [0.15, 0.2) is 34.7 Å². The van der Waals surface area contributed by atoms with Gasteiger partial charge in [0.2, 0.25) is 5.76 Å². The first-order chi connectivity index (χ1) is 14.1. The normalized spacial score (nSPS) is 20.4. The van der Waals surface area contributed by atoms with E-state index in [1.807, 2.05) is 0 Å². The molecule has 150 valence electrons. The predicted octanol–water partition coefficient (Wildman–Crippen LogP) is 3.33. The fraction of sp³-hybridized carbons (Fsp3) is 0.364. The van der Waals surface area contributed by atoms with Crippen molar-refractivity contribution < 1.29 is 19.4 Å². The molecule has 3 aromatic rings. The van der Waals surface area contributed by atoms with Crippen molar-refractivity contribution in [1.29, 1.82) is 0 Å². The van der Waals surface area contributed by atoms with Gasteiger partial charge in [-0.15, -0.1) is 0 Å². The highest BCUT2D eigenvalue weighted by Crippen LogP contribution is 2.40. The lowest BCUT2D eigenvalue weighted by atomic mass is 9.93. The molecular weight excluding hydrogens is 370 g/mol. The number of aromatic nitrogens is 2. The number of hydrogen-bond acceptors (Lipinski definition) is 5. The lowest BCUT2D eigenvalue weighted by molar-refractivity contribution is 0.0663. The van der Waals surface area contributed by atoms with Gasteiger partial charge in [0, 0.05) is 30.1 Å². The summed E-state index contributed by atoms with van der Waals surface area (Å²) in [5.41, 5.74) is 6.25. The van der Waals surface area contributed by atoms with E-state index in [4.69, 9.17) is 9.52 Å². The average molecular weight is 393 g/mol. The minimum Gasteiger partial charge on any atom is -0.475 e. The van der Waals surface area contributed by atoms with Crippen LogP contribution in [-0.4, -0.2) is 38.5 Å². The number of aromatic amines is 1. The van der Waals surface area contributed by atoms with Gasteiger partial charge in [-0.25, -0.2) is 4.79 Å². The molecule has 7 heteroatoms. The highest BCUT2D eigenvalue weighted by Gasteiger charge is 2.27. The Morgan fingerprint density at radius 2 is 2.03 bits per heavy atom. The van der Waals surface area contributed by atoms with Gasteiger partial charge in [-0.2, -0.15) is 5.10 Å². The van der Waals surface area contributed by atoms with E-state index in [9.17, 15) is 9.90 Å². The van der Waals surface area contributed by atoms with E-state index in [0.29, 0.717) is 11.8 Å². The SMILES string of the molecule is O=C(O)c1ccc(-c2[nH]nc3c2Cc2cc(CNC4CCC(O)CC4)ccc2-3)o1. The topological polar surface area (TPSA) is 111 Å². The van der Waals surface area contributed by atoms with Crippen molar-refractivity contribution in [3.05, 3.63) is 52.8 Å². The molecule has 0 radical (unpaired) electrons. The van der Waals surface area contributed by atoms with Crippen LogP contribution in [0.5, 0.6) is 0 Å². The molecule has 5 rings (SSSR count). The van der Waals surface area contributed by atoms with Crippen LogP contribution >= 0.6 is 0 Å². The van der Waals surface area contributed by atoms with Crippen LogP contribution in [-0.2, 0) is 13.0 Å². The quantitative estimate of drug-likeness (QED) is 0.414. The van der Waals surface area contributed by atoms with Crippen molar-refractivity contribution in [3.63, 3.8) is 0 Å². The highest BCUT2D eigenvalue weighted by atomic mass is 16.4. The molecule has 7 nitrogen and oxygen atoms in total. The number of carbonyl (C=O) groups is 1. The van der Waals surface area contributed by atoms with E-state index in [1.165, 1.54) is 17.2 Å². The number of hydrogen-bond donors (Lipinski definition) is 4. The summed E-state index contributed by atoms with van der Waals surface area (Å²) >= 11 is 0. The smallest absolute Gasteiger partial charge is 0.371 e. The molecule has 29 heavy (non-hydrogen) atoms. The van der Waals surface area contributed by atoms with Crippen LogP contribution < -0.4 is 5.32 Å². The Kier molecular flexibility index (Phi) is 4.49. The summed E-state index contributed by atoms with van der Waals surface area (Å²) in [6, 6.07) is 10.0. The third-order valence-corrected chi connectivity index (χ3v) is 6.01. The molecule has 1 saturated carbocycles. The van der Waals surface area contributed by atoms with Gasteiger partial charge >= 0.3 is 5.97 Å². The van der Waals surface area contributed by atoms with Crippen molar-refractivity contribution in [2.24, 2.45) is 0 Å². The summed E-state index contributed by atoms with van der Waals surface area (Å²) in [6.07, 6.45) is 4.40. The van der Waals surface area contributed by atoms with Crippen molar-refractivity contribution >= 4 is 5.97 Å². The second-order valence-corrected chi connectivity index (χ2v) is 7.95. The van der Waals surface area contributed by atoms with E-state index in [1.54, 1.807) is 6.07 Å². The monoisotopic (exact) mass is 393 g/mol. The summed E-state index contributed by atoms with van der Waals surface area (Å²) in [7, 11) is 0. The maximum Gasteiger partial charge on any atom is 0.371 e. The second-order valence-electron chi connectivity index (χ2n) is 7.95. The number of aliphatic hydroxyl groups excluding tert-OH is 1. The van der Waals surface area contributed by atoms with Gasteiger partial charge in [-0.05, 0) is 48.9 Å². The Balaban J connectivity index is 1.32. The third-order valence-electron chi connectivity index (χ3n) is 6.01. The first kappa shape index (κ1) is 18.1. The molecule has 4 N–H and O–H groups in total. The molecule has 2 aliphatic carbocycles. The lowest BCUT2D eigenvalue weighted by Gasteiger charge is -2.26. The number of carboxylic acids is 1. The number of furan rings is 1. The average Bonchev–Trinajstić information content (AvgIpc) is 3.42. The molecular formula is C22H23N3O4. The second kappa shape index (κ2) is 7.17. The number of nitrogens with zero attached hydrogens (tertiary/aromatic N) is 1. The molecule has 2 aliphatic rings. The zero-order valence-corrected chi connectivity index (χ0v) is 15.9. The van der Waals surface area contributed by atoms with Crippen LogP contribution in [0, 0.1) is 0 Å². The first-order valence-electron chi connectivity index (χ1n) is 10.0. The summed E-state index contributed by atoms with van der Waals surface area (Å²) in [6.45, 7) is 0.810. The van der Waals surface area contributed by atoms with Gasteiger partial charge in [-0.1, -0.05) is 18.2 Å². The van der Waals surface area contributed by atoms with E-state index in [0.717, 1.165) is 61.2 Å². The van der Waals surface area contributed by atoms with Crippen LogP contribution in [0.3, 0.4) is 0 Å². The molecule has 2 aromatic heterocycles. The van der Waals surface area contributed by atoms with E-state index in [2.05, 4.69) is 33.7 Å². The number of aromatic carboxylic acids is 1. The highest BCUT2D eigenvalue weighted by molar-refractivity contribution is 5.86. The Bertz CT molecular complexity index is 1060. The molecule has 0 amide bonds. The Morgan fingerprint density at radius 1 is 1.21 bits per heavy atom. The van der Waals surface area contributed by atoms with Crippen LogP contribution in [0.1, 0.15) is 52.9 Å². The first-order valence-corrected chi connectivity index (χ1v) is 10.0. The maximum atomic E-state index is 11.1. The minimum atomic E-state index is -1.08. The van der Waals surface area contributed by atoms with E-state index >= 15 is 0 Å². The molecule has 0 atom stereocenters. The summed E-state index contributed by atoms with van der Waals surface area (Å²) in [5, 5.41) is 29.8. The van der Waals surface area contributed by atoms with E-state index in [-0.39, 0.29) is 11.9 Å². The molecule has 0 spiro atoms. The number of aliphatic hydroxyl groups is 1. The van der Waals surface area contributed by atoms with Gasteiger partial charge in [0.15, 0.2) is 5.76 Å². The summed E-state index contributed by atoms with van der Waals surface area (Å²) in [4.78, 5) is 11.1. The number of fused-ring (bicyclic) bond motifs is 3. The van der Waals surface area contributed by atoms with Crippen molar-refractivity contribution in [2.45, 2.75) is 50.8 Å². The van der Waals surface area contributed by atoms with Gasteiger partial charge in [0.25, 0.3) is 0 Å². The zero-order chi connectivity index (χ0) is 20.0. The molecule has 0 unspecified atom stereocenters. The zero-order valence-electron chi connectivity index (χ0n) is 15.9. The minimum absolute atomic E-state index is 0.0811. The fourth-order valence-electron chi connectivity index (χ4n) is 4.42. The van der Waals surface area contributed by atoms with E-state index < -0.39 is 5.97 Å². The third kappa shape index (κ3) is 3.36. The van der Waals surface area contributed by atoms with Crippen molar-refractivity contribution in [3.8, 4) is 22.7 Å². The molecule has 0 aliphatic heterocycles. The van der Waals surface area contributed by atoms with Crippen molar-refractivity contribution in [1.82, 2.24) is 15.5 Å². The van der Waals surface area contributed by atoms with Gasteiger partial charge in [0.05, 0.1) is 11.8 Å². The molecule has 1 aromatic carbocycles. The predicted molar refractivity (Wildman–Crippen MR) is 107 cm³/mol. The number of carboxylic acid groups (broad SMARTS) is 1. The number of rotatable bonds is 5. The van der Waals surface area contributed by atoms with Gasteiger partial charge in [0.1, 0.15) is 5.69 Å². The van der Waals surface area contributed by atoms with Crippen LogP contribution in [0.2, 0.25) is 0 Å². The number of H-pyrrole nitrogens is 1. The maximum absolute atomic E-state index is 11.1. The van der Waals surface area contributed by atoms with Crippen molar-refractivity contribution in [2.75, 3.05) is 0 Å². The molecule has 0 saturated heterocycles.